The van der Waals surface area contributed by atoms with E-state index in [-0.39, 0.29) is 16.3 Å². The molecule has 10 heteroatoms. The molecular formula is C11H10ClN3O6. The summed E-state index contributed by atoms with van der Waals surface area (Å²) in [5.41, 5.74) is 4.30. The van der Waals surface area contributed by atoms with E-state index in [9.17, 15) is 24.5 Å². The van der Waals surface area contributed by atoms with Gasteiger partial charge in [0, 0.05) is 12.1 Å². The van der Waals surface area contributed by atoms with E-state index >= 15 is 0 Å². The Kier molecular flexibility index (Phi) is 5.19. The zero-order valence-corrected chi connectivity index (χ0v) is 11.4. The Balaban J connectivity index is 2.83. The van der Waals surface area contributed by atoms with E-state index < -0.39 is 28.9 Å². The third-order valence-electron chi connectivity index (χ3n) is 2.28. The molecule has 0 bridgehead atoms. The molecule has 1 aromatic rings. The Bertz CT molecular complexity index is 618. The zero-order chi connectivity index (χ0) is 16.2. The molecule has 0 saturated heterocycles. The minimum atomic E-state index is -1.30. The summed E-state index contributed by atoms with van der Waals surface area (Å²) in [6.45, 7) is 1.22. The molecule has 0 aliphatic carbocycles. The summed E-state index contributed by atoms with van der Waals surface area (Å²) in [7, 11) is 0. The second-order valence-corrected chi connectivity index (χ2v) is 4.23. The Hall–Kier alpha value is -2.68. The largest absolute Gasteiger partial charge is 0.449 e. The molecule has 0 fully saturated rings. The number of nitrogens with two attached hydrogens (primary N) is 1. The minimum absolute atomic E-state index is 0.152. The topological polar surface area (TPSA) is 142 Å². The van der Waals surface area contributed by atoms with Gasteiger partial charge in [-0.2, -0.15) is 0 Å². The molecular weight excluding hydrogens is 306 g/mol. The Morgan fingerprint density at radius 2 is 2.05 bits per heavy atom. The van der Waals surface area contributed by atoms with Crippen molar-refractivity contribution < 1.29 is 24.0 Å². The number of imide groups is 1. The molecule has 3 N–H and O–H groups in total. The van der Waals surface area contributed by atoms with Crippen LogP contribution in [-0.2, 0) is 9.53 Å². The number of nitro benzene ring substituents is 1. The van der Waals surface area contributed by atoms with E-state index in [1.165, 1.54) is 6.92 Å². The van der Waals surface area contributed by atoms with Crippen LogP contribution < -0.4 is 11.1 Å². The van der Waals surface area contributed by atoms with Crippen LogP contribution in [0.3, 0.4) is 0 Å². The fourth-order valence-corrected chi connectivity index (χ4v) is 1.54. The van der Waals surface area contributed by atoms with E-state index in [0.29, 0.717) is 0 Å². The van der Waals surface area contributed by atoms with Crippen LogP contribution >= 0.6 is 11.6 Å². The number of hydrogen-bond acceptors (Lipinski definition) is 6. The number of benzene rings is 1. The number of nitrogens with zero attached hydrogens (tertiary/aromatic N) is 1. The van der Waals surface area contributed by atoms with Crippen molar-refractivity contribution in [2.75, 3.05) is 0 Å². The van der Waals surface area contributed by atoms with Crippen molar-refractivity contribution in [1.82, 2.24) is 5.32 Å². The van der Waals surface area contributed by atoms with Gasteiger partial charge in [-0.1, -0.05) is 11.6 Å². The van der Waals surface area contributed by atoms with Gasteiger partial charge in [0.05, 0.1) is 15.5 Å². The molecule has 0 spiro atoms. The second-order valence-electron chi connectivity index (χ2n) is 3.82. The number of carbonyl (C=O) groups excluding carboxylic acids is 3. The standard InChI is InChI=1S/C11H10ClN3O6/c1-5(9(16)14-11(13)18)21-10(17)7-3-2-6(15(19)20)4-8(7)12/h2-5H,1H3,(H3,13,14,16,18)/t5-/m0/s1. The molecule has 0 aliphatic rings. The summed E-state index contributed by atoms with van der Waals surface area (Å²) in [5.74, 6) is -1.88. The first-order valence-corrected chi connectivity index (χ1v) is 5.85. The number of urea groups is 1. The van der Waals surface area contributed by atoms with E-state index in [0.717, 1.165) is 18.2 Å². The summed E-state index contributed by atoms with van der Waals surface area (Å²) in [6.07, 6.45) is -1.30. The lowest BCUT2D eigenvalue weighted by Gasteiger charge is -2.12. The molecule has 1 atom stereocenters. The van der Waals surface area contributed by atoms with Gasteiger partial charge in [0.1, 0.15) is 0 Å². The molecule has 1 rings (SSSR count). The quantitative estimate of drug-likeness (QED) is 0.482. The average Bonchev–Trinajstić information content (AvgIpc) is 2.37. The Morgan fingerprint density at radius 3 is 2.52 bits per heavy atom. The predicted octanol–water partition coefficient (Wildman–Crippen LogP) is 0.988. The van der Waals surface area contributed by atoms with Crippen molar-refractivity contribution in [2.24, 2.45) is 5.73 Å². The van der Waals surface area contributed by atoms with Crippen molar-refractivity contribution in [2.45, 2.75) is 13.0 Å². The highest BCUT2D eigenvalue weighted by Gasteiger charge is 2.22. The monoisotopic (exact) mass is 315 g/mol. The number of esters is 1. The summed E-state index contributed by atoms with van der Waals surface area (Å²) >= 11 is 5.74. The van der Waals surface area contributed by atoms with Crippen molar-refractivity contribution in [1.29, 1.82) is 0 Å². The van der Waals surface area contributed by atoms with Gasteiger partial charge in [0.2, 0.25) is 0 Å². The van der Waals surface area contributed by atoms with Crippen LogP contribution in [-0.4, -0.2) is 28.9 Å². The number of nitro groups is 1. The summed E-state index contributed by atoms with van der Waals surface area (Å²) < 4.78 is 4.77. The molecule has 21 heavy (non-hydrogen) atoms. The molecule has 0 heterocycles. The third-order valence-corrected chi connectivity index (χ3v) is 2.60. The summed E-state index contributed by atoms with van der Waals surface area (Å²) in [4.78, 5) is 43.5. The van der Waals surface area contributed by atoms with Crippen LogP contribution in [0, 0.1) is 10.1 Å². The van der Waals surface area contributed by atoms with Gasteiger partial charge in [-0.05, 0) is 13.0 Å². The van der Waals surface area contributed by atoms with Crippen LogP contribution in [0.15, 0.2) is 18.2 Å². The average molecular weight is 316 g/mol. The number of primary amides is 1. The highest BCUT2D eigenvalue weighted by atomic mass is 35.5. The van der Waals surface area contributed by atoms with Crippen LogP contribution in [0.1, 0.15) is 17.3 Å². The molecule has 0 saturated carbocycles. The normalized spacial score (nSPS) is 11.3. The Morgan fingerprint density at radius 1 is 1.43 bits per heavy atom. The van der Waals surface area contributed by atoms with E-state index in [2.05, 4.69) is 0 Å². The maximum atomic E-state index is 11.8. The van der Waals surface area contributed by atoms with Gasteiger partial charge >= 0.3 is 12.0 Å². The number of rotatable bonds is 4. The number of halogens is 1. The minimum Gasteiger partial charge on any atom is -0.449 e. The number of non-ortho nitro benzene ring substituents is 1. The predicted molar refractivity (Wildman–Crippen MR) is 70.7 cm³/mol. The van der Waals surface area contributed by atoms with Crippen molar-refractivity contribution in [3.05, 3.63) is 38.9 Å². The fourth-order valence-electron chi connectivity index (χ4n) is 1.28. The van der Waals surface area contributed by atoms with Crippen molar-refractivity contribution >= 4 is 35.2 Å². The maximum absolute atomic E-state index is 11.8. The number of amides is 3. The number of carbonyl (C=O) groups is 3. The highest BCUT2D eigenvalue weighted by Crippen LogP contribution is 2.23. The van der Waals surface area contributed by atoms with Crippen molar-refractivity contribution in [3.63, 3.8) is 0 Å². The van der Waals surface area contributed by atoms with Crippen LogP contribution in [0.2, 0.25) is 5.02 Å². The van der Waals surface area contributed by atoms with Crippen LogP contribution in [0.25, 0.3) is 0 Å². The van der Waals surface area contributed by atoms with Gasteiger partial charge in [0.25, 0.3) is 11.6 Å². The van der Waals surface area contributed by atoms with E-state index in [1.54, 1.807) is 5.32 Å². The van der Waals surface area contributed by atoms with Crippen molar-refractivity contribution in [3.8, 4) is 0 Å². The summed E-state index contributed by atoms with van der Waals surface area (Å²) in [6, 6.07) is 2.06. The number of hydrogen-bond donors (Lipinski definition) is 2. The van der Waals surface area contributed by atoms with Crippen LogP contribution in [0.4, 0.5) is 10.5 Å². The smallest absolute Gasteiger partial charge is 0.340 e. The lowest BCUT2D eigenvalue weighted by Crippen LogP contribution is -2.42. The first-order chi connectivity index (χ1) is 9.72. The molecule has 9 nitrogen and oxygen atoms in total. The Labute approximate surface area is 123 Å². The molecule has 0 aromatic heterocycles. The SMILES string of the molecule is C[C@H](OC(=O)c1ccc([N+](=O)[O-])cc1Cl)C(=O)NC(N)=O. The summed E-state index contributed by atoms with van der Waals surface area (Å²) in [5, 5.41) is 12.1. The van der Waals surface area contributed by atoms with Gasteiger partial charge in [0.15, 0.2) is 6.10 Å². The number of ether oxygens (including phenoxy) is 1. The van der Waals surface area contributed by atoms with Gasteiger partial charge < -0.3 is 10.5 Å². The lowest BCUT2D eigenvalue weighted by atomic mass is 10.2. The highest BCUT2D eigenvalue weighted by molar-refractivity contribution is 6.33. The molecule has 0 unspecified atom stereocenters. The molecule has 112 valence electrons. The fraction of sp³-hybridized carbons (Fsp3) is 0.182. The first kappa shape index (κ1) is 16.4. The van der Waals surface area contributed by atoms with Crippen LogP contribution in [0.5, 0.6) is 0 Å². The molecule has 0 radical (unpaired) electrons. The lowest BCUT2D eigenvalue weighted by molar-refractivity contribution is -0.384. The van der Waals surface area contributed by atoms with Gasteiger partial charge in [-0.3, -0.25) is 20.2 Å². The molecule has 0 aliphatic heterocycles. The molecule has 3 amide bonds. The van der Waals surface area contributed by atoms with E-state index in [4.69, 9.17) is 22.1 Å². The van der Waals surface area contributed by atoms with Gasteiger partial charge in [-0.15, -0.1) is 0 Å². The first-order valence-electron chi connectivity index (χ1n) is 5.47. The van der Waals surface area contributed by atoms with Gasteiger partial charge in [-0.25, -0.2) is 9.59 Å². The third kappa shape index (κ3) is 4.42. The molecule has 1 aromatic carbocycles. The second kappa shape index (κ2) is 6.66. The number of nitrogens with one attached hydrogen (secondary N) is 1. The maximum Gasteiger partial charge on any atom is 0.340 e. The van der Waals surface area contributed by atoms with E-state index in [1.807, 2.05) is 0 Å². The zero-order valence-electron chi connectivity index (χ0n) is 10.7.